The summed E-state index contributed by atoms with van der Waals surface area (Å²) in [6.07, 6.45) is 0. The summed E-state index contributed by atoms with van der Waals surface area (Å²) in [5, 5.41) is 7.58. The lowest BCUT2D eigenvalue weighted by molar-refractivity contribution is -0.116. The van der Waals surface area contributed by atoms with Crippen LogP contribution >= 0.6 is 23.2 Å². The first-order valence-corrected chi connectivity index (χ1v) is 10.3. The Morgan fingerprint density at radius 3 is 2.53 bits per heavy atom. The molecule has 0 bridgehead atoms. The van der Waals surface area contributed by atoms with Crippen molar-refractivity contribution < 1.29 is 18.7 Å². The van der Waals surface area contributed by atoms with Crippen LogP contribution in [0.2, 0.25) is 10.2 Å². The second-order valence-corrected chi connectivity index (χ2v) is 7.88. The zero-order chi connectivity index (χ0) is 23.4. The Balaban J connectivity index is 1.71. The van der Waals surface area contributed by atoms with Gasteiger partial charge in [0.25, 0.3) is 5.91 Å². The van der Waals surface area contributed by atoms with Crippen molar-refractivity contribution in [2.45, 2.75) is 13.5 Å². The molecule has 3 rings (SSSR count). The van der Waals surface area contributed by atoms with Crippen LogP contribution in [0.3, 0.4) is 0 Å². The number of aryl methyl sites for hydroxylation is 1. The van der Waals surface area contributed by atoms with Crippen LogP contribution in [0, 0.1) is 12.7 Å². The first kappa shape index (κ1) is 23.6. The summed E-state index contributed by atoms with van der Waals surface area (Å²) in [6, 6.07) is 10.7. The molecule has 2 amide bonds. The molecule has 0 aliphatic heterocycles. The maximum atomic E-state index is 13.1. The molecule has 0 unspecified atom stereocenters. The first-order chi connectivity index (χ1) is 15.2. The van der Waals surface area contributed by atoms with E-state index in [2.05, 4.69) is 10.4 Å². The van der Waals surface area contributed by atoms with Crippen molar-refractivity contribution in [3.05, 3.63) is 75.3 Å². The quantitative estimate of drug-likeness (QED) is 0.545. The predicted molar refractivity (Wildman–Crippen MR) is 121 cm³/mol. The zero-order valence-electron chi connectivity index (χ0n) is 17.7. The van der Waals surface area contributed by atoms with Gasteiger partial charge in [0.2, 0.25) is 5.91 Å². The minimum absolute atomic E-state index is 0.139. The lowest BCUT2D eigenvalue weighted by atomic mass is 10.2. The van der Waals surface area contributed by atoms with Crippen molar-refractivity contribution in [1.82, 2.24) is 14.7 Å². The molecular formula is C22H21Cl2FN4O3. The number of anilines is 1. The second kappa shape index (κ2) is 10.0. The van der Waals surface area contributed by atoms with E-state index in [0.29, 0.717) is 22.2 Å². The van der Waals surface area contributed by atoms with Gasteiger partial charge in [-0.2, -0.15) is 5.10 Å². The molecule has 1 heterocycles. The molecule has 0 aliphatic carbocycles. The van der Waals surface area contributed by atoms with E-state index in [1.54, 1.807) is 37.3 Å². The minimum Gasteiger partial charge on any atom is -0.495 e. The highest BCUT2D eigenvalue weighted by Gasteiger charge is 2.24. The van der Waals surface area contributed by atoms with Gasteiger partial charge in [-0.05, 0) is 42.8 Å². The van der Waals surface area contributed by atoms with Crippen molar-refractivity contribution in [1.29, 1.82) is 0 Å². The van der Waals surface area contributed by atoms with E-state index in [0.717, 1.165) is 5.56 Å². The number of rotatable bonds is 7. The van der Waals surface area contributed by atoms with Crippen LogP contribution in [0.4, 0.5) is 10.1 Å². The maximum absolute atomic E-state index is 13.1. The van der Waals surface area contributed by atoms with Crippen LogP contribution < -0.4 is 10.1 Å². The van der Waals surface area contributed by atoms with Crippen LogP contribution in [-0.2, 0) is 11.3 Å². The van der Waals surface area contributed by atoms with E-state index < -0.39 is 11.8 Å². The molecule has 0 saturated heterocycles. The molecule has 168 valence electrons. The topological polar surface area (TPSA) is 76.5 Å². The summed E-state index contributed by atoms with van der Waals surface area (Å²) < 4.78 is 19.8. The SMILES string of the molecule is COc1ccc(Cl)cc1NC(=O)CN(C)C(=O)c1c(C)nn(Cc2ccc(F)cc2)c1Cl. The molecular weight excluding hydrogens is 458 g/mol. The molecule has 0 atom stereocenters. The van der Waals surface area contributed by atoms with Gasteiger partial charge in [-0.15, -0.1) is 0 Å². The molecule has 1 N–H and O–H groups in total. The Kier molecular flexibility index (Phi) is 7.37. The van der Waals surface area contributed by atoms with Gasteiger partial charge in [-0.1, -0.05) is 35.3 Å². The van der Waals surface area contributed by atoms with Crippen LogP contribution in [0.15, 0.2) is 42.5 Å². The lowest BCUT2D eigenvalue weighted by Crippen LogP contribution is -2.35. The Hall–Kier alpha value is -3.10. The maximum Gasteiger partial charge on any atom is 0.259 e. The third-order valence-electron chi connectivity index (χ3n) is 4.69. The van der Waals surface area contributed by atoms with Gasteiger partial charge in [0.15, 0.2) is 0 Å². The number of hydrogen-bond acceptors (Lipinski definition) is 4. The summed E-state index contributed by atoms with van der Waals surface area (Å²) in [6.45, 7) is 1.70. The average molecular weight is 479 g/mol. The number of nitrogens with zero attached hydrogens (tertiary/aromatic N) is 3. The van der Waals surface area contributed by atoms with Gasteiger partial charge in [0.05, 0.1) is 37.1 Å². The largest absolute Gasteiger partial charge is 0.495 e. The number of likely N-dealkylation sites (N-methyl/N-ethyl adjacent to an activating group) is 1. The summed E-state index contributed by atoms with van der Waals surface area (Å²) >= 11 is 12.4. The molecule has 0 fully saturated rings. The second-order valence-electron chi connectivity index (χ2n) is 7.09. The zero-order valence-corrected chi connectivity index (χ0v) is 19.2. The molecule has 0 radical (unpaired) electrons. The lowest BCUT2D eigenvalue weighted by Gasteiger charge is -2.17. The predicted octanol–water partition coefficient (Wildman–Crippen LogP) is 4.41. The molecule has 2 aromatic carbocycles. The average Bonchev–Trinajstić information content (AvgIpc) is 3.02. The number of carbonyl (C=O) groups is 2. The van der Waals surface area contributed by atoms with E-state index in [9.17, 15) is 14.0 Å². The van der Waals surface area contributed by atoms with Crippen LogP contribution in [0.25, 0.3) is 0 Å². The fraction of sp³-hybridized carbons (Fsp3) is 0.227. The molecule has 32 heavy (non-hydrogen) atoms. The van der Waals surface area contributed by atoms with Gasteiger partial charge in [0, 0.05) is 12.1 Å². The fourth-order valence-corrected chi connectivity index (χ4v) is 3.60. The smallest absolute Gasteiger partial charge is 0.259 e. The van der Waals surface area contributed by atoms with Crippen molar-refractivity contribution in [3.8, 4) is 5.75 Å². The summed E-state index contributed by atoms with van der Waals surface area (Å²) in [5.41, 5.74) is 1.79. The highest BCUT2D eigenvalue weighted by Crippen LogP contribution is 2.28. The van der Waals surface area contributed by atoms with Crippen LogP contribution in [0.1, 0.15) is 21.6 Å². The first-order valence-electron chi connectivity index (χ1n) is 9.55. The van der Waals surface area contributed by atoms with Crippen molar-refractivity contribution >= 4 is 40.7 Å². The third-order valence-corrected chi connectivity index (χ3v) is 5.31. The highest BCUT2D eigenvalue weighted by molar-refractivity contribution is 6.33. The van der Waals surface area contributed by atoms with E-state index >= 15 is 0 Å². The van der Waals surface area contributed by atoms with E-state index in [1.165, 1.54) is 35.9 Å². The summed E-state index contributed by atoms with van der Waals surface area (Å²) in [5.74, 6) is -0.791. The number of methoxy groups -OCH3 is 1. The number of hydrogen-bond donors (Lipinski definition) is 1. The van der Waals surface area contributed by atoms with E-state index in [4.69, 9.17) is 27.9 Å². The number of aromatic nitrogens is 2. The van der Waals surface area contributed by atoms with E-state index in [1.807, 2.05) is 0 Å². The third kappa shape index (κ3) is 5.38. The van der Waals surface area contributed by atoms with Crippen molar-refractivity contribution in [3.63, 3.8) is 0 Å². The normalized spacial score (nSPS) is 10.7. The van der Waals surface area contributed by atoms with E-state index in [-0.39, 0.29) is 29.6 Å². The standard InChI is InChI=1S/C22H21Cl2FN4O3/c1-13-20(21(24)29(27-13)11-14-4-7-16(25)8-5-14)22(31)28(2)12-19(30)26-17-10-15(23)6-9-18(17)32-3/h4-10H,11-12H2,1-3H3,(H,26,30). The van der Waals surface area contributed by atoms with Gasteiger partial charge in [-0.3, -0.25) is 9.59 Å². The monoisotopic (exact) mass is 478 g/mol. The highest BCUT2D eigenvalue weighted by atomic mass is 35.5. The summed E-state index contributed by atoms with van der Waals surface area (Å²) in [7, 11) is 2.97. The number of ether oxygens (including phenoxy) is 1. The number of halogens is 3. The fourth-order valence-electron chi connectivity index (χ4n) is 3.11. The number of carbonyl (C=O) groups excluding carboxylic acids is 2. The van der Waals surface area contributed by atoms with Gasteiger partial charge >= 0.3 is 0 Å². The Bertz CT molecular complexity index is 1150. The van der Waals surface area contributed by atoms with Gasteiger partial charge < -0.3 is 15.0 Å². The molecule has 7 nitrogen and oxygen atoms in total. The Labute approximate surface area is 194 Å². The molecule has 3 aromatic rings. The van der Waals surface area contributed by atoms with Gasteiger partial charge in [-0.25, -0.2) is 9.07 Å². The number of nitrogens with one attached hydrogen (secondary N) is 1. The molecule has 0 spiro atoms. The Morgan fingerprint density at radius 2 is 1.88 bits per heavy atom. The van der Waals surface area contributed by atoms with Crippen molar-refractivity contribution in [2.75, 3.05) is 26.0 Å². The minimum atomic E-state index is -0.453. The summed E-state index contributed by atoms with van der Waals surface area (Å²) in [4.78, 5) is 26.7. The molecule has 10 heteroatoms. The molecule has 0 aliphatic rings. The number of amides is 2. The molecule has 1 aromatic heterocycles. The number of benzene rings is 2. The van der Waals surface area contributed by atoms with Crippen LogP contribution in [-0.4, -0.2) is 47.2 Å². The van der Waals surface area contributed by atoms with Crippen molar-refractivity contribution in [2.24, 2.45) is 0 Å². The molecule has 0 saturated carbocycles. The Morgan fingerprint density at radius 1 is 1.19 bits per heavy atom. The van der Waals surface area contributed by atoms with Crippen LogP contribution in [0.5, 0.6) is 5.75 Å². The van der Waals surface area contributed by atoms with Gasteiger partial charge in [0.1, 0.15) is 16.7 Å².